The van der Waals surface area contributed by atoms with Gasteiger partial charge < -0.3 is 10.1 Å². The Hall–Kier alpha value is -0.520. The third-order valence-electron chi connectivity index (χ3n) is 3.39. The van der Waals surface area contributed by atoms with Crippen LogP contribution in [0, 0.1) is 18.3 Å². The van der Waals surface area contributed by atoms with Gasteiger partial charge in [-0.2, -0.15) is 0 Å². The van der Waals surface area contributed by atoms with Crippen LogP contribution >= 0.6 is 0 Å². The van der Waals surface area contributed by atoms with Crippen LogP contribution in [-0.2, 0) is 4.74 Å². The second-order valence-electron chi connectivity index (χ2n) is 4.26. The van der Waals surface area contributed by atoms with Crippen LogP contribution in [0.1, 0.15) is 39.0 Å². The highest BCUT2D eigenvalue weighted by atomic mass is 16.5. The van der Waals surface area contributed by atoms with E-state index in [-0.39, 0.29) is 0 Å². The zero-order valence-corrected chi connectivity index (χ0v) is 9.96. The summed E-state index contributed by atoms with van der Waals surface area (Å²) >= 11 is 0. The molecule has 0 amide bonds. The van der Waals surface area contributed by atoms with Gasteiger partial charge >= 0.3 is 0 Å². The van der Waals surface area contributed by atoms with Crippen molar-refractivity contribution in [2.75, 3.05) is 13.7 Å². The van der Waals surface area contributed by atoms with Gasteiger partial charge in [-0.3, -0.25) is 0 Å². The minimum atomic E-state index is 0.452. The zero-order valence-electron chi connectivity index (χ0n) is 9.96. The van der Waals surface area contributed by atoms with E-state index in [1.165, 1.54) is 12.8 Å². The van der Waals surface area contributed by atoms with Gasteiger partial charge in [-0.25, -0.2) is 0 Å². The van der Waals surface area contributed by atoms with Gasteiger partial charge in [0.1, 0.15) is 0 Å². The maximum Gasteiger partial charge on any atom is 0.0616 e. The Morgan fingerprint density at radius 3 is 3.00 bits per heavy atom. The van der Waals surface area contributed by atoms with Gasteiger partial charge in [0.25, 0.3) is 0 Å². The van der Waals surface area contributed by atoms with Crippen molar-refractivity contribution in [2.45, 2.75) is 51.2 Å². The first-order valence-electron chi connectivity index (χ1n) is 6.05. The van der Waals surface area contributed by atoms with Gasteiger partial charge in [0.05, 0.1) is 6.10 Å². The molecule has 1 saturated heterocycles. The van der Waals surface area contributed by atoms with Gasteiger partial charge in [0, 0.05) is 25.0 Å². The molecule has 0 aromatic rings. The van der Waals surface area contributed by atoms with Crippen LogP contribution in [0.3, 0.4) is 0 Å². The van der Waals surface area contributed by atoms with E-state index < -0.39 is 0 Å². The molecule has 2 nitrogen and oxygen atoms in total. The van der Waals surface area contributed by atoms with Crippen molar-refractivity contribution in [1.82, 2.24) is 5.32 Å². The van der Waals surface area contributed by atoms with Crippen LogP contribution in [0.4, 0.5) is 0 Å². The SMILES string of the molecule is C#CCCCC(NC)C1CCOC1CC. The Morgan fingerprint density at radius 1 is 1.60 bits per heavy atom. The van der Waals surface area contributed by atoms with Crippen molar-refractivity contribution < 1.29 is 4.74 Å². The molecule has 1 aliphatic rings. The lowest BCUT2D eigenvalue weighted by molar-refractivity contribution is 0.0771. The van der Waals surface area contributed by atoms with Crippen LogP contribution < -0.4 is 5.32 Å². The molecule has 0 bridgehead atoms. The molecule has 3 atom stereocenters. The van der Waals surface area contributed by atoms with Crippen molar-refractivity contribution >= 4 is 0 Å². The average molecular weight is 209 g/mol. The zero-order chi connectivity index (χ0) is 11.1. The van der Waals surface area contributed by atoms with E-state index in [1.54, 1.807) is 0 Å². The molecule has 0 aliphatic carbocycles. The predicted octanol–water partition coefficient (Wildman–Crippen LogP) is 2.19. The molecule has 1 N–H and O–H groups in total. The molecule has 1 rings (SSSR count). The maximum absolute atomic E-state index is 5.72. The van der Waals surface area contributed by atoms with E-state index in [0.29, 0.717) is 18.1 Å². The molecule has 86 valence electrons. The number of hydrogen-bond acceptors (Lipinski definition) is 2. The molecular formula is C13H23NO. The minimum Gasteiger partial charge on any atom is -0.378 e. The molecule has 15 heavy (non-hydrogen) atoms. The van der Waals surface area contributed by atoms with Crippen LogP contribution in [0.2, 0.25) is 0 Å². The number of ether oxygens (including phenoxy) is 1. The lowest BCUT2D eigenvalue weighted by atomic mass is 9.88. The fourth-order valence-corrected chi connectivity index (χ4v) is 2.54. The summed E-state index contributed by atoms with van der Waals surface area (Å²) in [5.74, 6) is 3.38. The molecule has 0 saturated carbocycles. The first-order chi connectivity index (χ1) is 7.33. The topological polar surface area (TPSA) is 21.3 Å². The van der Waals surface area contributed by atoms with E-state index in [9.17, 15) is 0 Å². The summed E-state index contributed by atoms with van der Waals surface area (Å²) in [5, 5.41) is 3.42. The van der Waals surface area contributed by atoms with E-state index in [0.717, 1.165) is 25.9 Å². The molecule has 3 unspecified atom stereocenters. The Morgan fingerprint density at radius 2 is 2.40 bits per heavy atom. The lowest BCUT2D eigenvalue weighted by Gasteiger charge is -2.26. The van der Waals surface area contributed by atoms with Gasteiger partial charge in [-0.1, -0.05) is 6.92 Å². The normalized spacial score (nSPS) is 27.5. The molecule has 2 heteroatoms. The van der Waals surface area contributed by atoms with Crippen LogP contribution in [0.25, 0.3) is 0 Å². The predicted molar refractivity (Wildman–Crippen MR) is 63.7 cm³/mol. The Bertz CT molecular complexity index is 209. The minimum absolute atomic E-state index is 0.452. The van der Waals surface area contributed by atoms with Gasteiger partial charge in [-0.15, -0.1) is 12.3 Å². The summed E-state index contributed by atoms with van der Waals surface area (Å²) in [6, 6.07) is 0.575. The van der Waals surface area contributed by atoms with E-state index in [4.69, 9.17) is 11.2 Å². The van der Waals surface area contributed by atoms with Crippen molar-refractivity contribution in [3.8, 4) is 12.3 Å². The molecule has 0 radical (unpaired) electrons. The average Bonchev–Trinajstić information content (AvgIpc) is 2.72. The quantitative estimate of drug-likeness (QED) is 0.535. The number of nitrogens with one attached hydrogen (secondary N) is 1. The van der Waals surface area contributed by atoms with Crippen molar-refractivity contribution in [1.29, 1.82) is 0 Å². The largest absolute Gasteiger partial charge is 0.378 e. The monoisotopic (exact) mass is 209 g/mol. The molecule has 1 fully saturated rings. The van der Waals surface area contributed by atoms with E-state index in [1.807, 2.05) is 7.05 Å². The second kappa shape index (κ2) is 6.87. The molecule has 1 aliphatic heterocycles. The lowest BCUT2D eigenvalue weighted by Crippen LogP contribution is -2.37. The Labute approximate surface area is 93.8 Å². The summed E-state index contributed by atoms with van der Waals surface area (Å²) in [6.07, 6.45) is 11.2. The summed E-state index contributed by atoms with van der Waals surface area (Å²) < 4.78 is 5.72. The van der Waals surface area contributed by atoms with Crippen LogP contribution in [0.5, 0.6) is 0 Å². The fraction of sp³-hybridized carbons (Fsp3) is 0.846. The van der Waals surface area contributed by atoms with Crippen LogP contribution in [0.15, 0.2) is 0 Å². The standard InChI is InChI=1S/C13H23NO/c1-4-6-7-8-12(14-3)11-9-10-15-13(11)5-2/h1,11-14H,5-10H2,2-3H3. The van der Waals surface area contributed by atoms with E-state index in [2.05, 4.69) is 18.2 Å². The van der Waals surface area contributed by atoms with Gasteiger partial charge in [0.2, 0.25) is 0 Å². The Kier molecular flexibility index (Phi) is 5.75. The highest BCUT2D eigenvalue weighted by Gasteiger charge is 2.32. The van der Waals surface area contributed by atoms with Gasteiger partial charge in [0.15, 0.2) is 0 Å². The van der Waals surface area contributed by atoms with Crippen molar-refractivity contribution in [3.05, 3.63) is 0 Å². The molecule has 0 aromatic heterocycles. The molecular weight excluding hydrogens is 186 g/mol. The van der Waals surface area contributed by atoms with Gasteiger partial charge in [-0.05, 0) is 32.7 Å². The maximum atomic E-state index is 5.72. The first-order valence-corrected chi connectivity index (χ1v) is 6.05. The third-order valence-corrected chi connectivity index (χ3v) is 3.39. The summed E-state index contributed by atoms with van der Waals surface area (Å²) in [6.45, 7) is 3.13. The number of rotatable bonds is 6. The molecule has 1 heterocycles. The number of hydrogen-bond donors (Lipinski definition) is 1. The number of terminal acetylenes is 1. The summed E-state index contributed by atoms with van der Waals surface area (Å²) in [4.78, 5) is 0. The van der Waals surface area contributed by atoms with Crippen molar-refractivity contribution in [2.24, 2.45) is 5.92 Å². The van der Waals surface area contributed by atoms with E-state index >= 15 is 0 Å². The highest BCUT2D eigenvalue weighted by Crippen LogP contribution is 2.28. The molecule has 0 spiro atoms. The smallest absolute Gasteiger partial charge is 0.0616 e. The summed E-state index contributed by atoms with van der Waals surface area (Å²) in [5.41, 5.74) is 0. The highest BCUT2D eigenvalue weighted by molar-refractivity contribution is 4.88. The number of unbranched alkanes of at least 4 members (excludes halogenated alkanes) is 1. The van der Waals surface area contributed by atoms with Crippen LogP contribution in [-0.4, -0.2) is 25.8 Å². The third kappa shape index (κ3) is 3.52. The molecule has 0 aromatic carbocycles. The first kappa shape index (κ1) is 12.5. The summed E-state index contributed by atoms with van der Waals surface area (Å²) in [7, 11) is 2.05. The van der Waals surface area contributed by atoms with Crippen molar-refractivity contribution in [3.63, 3.8) is 0 Å². The fourth-order valence-electron chi connectivity index (χ4n) is 2.54. The second-order valence-corrected chi connectivity index (χ2v) is 4.26. The Balaban J connectivity index is 2.39.